The molecule has 0 saturated carbocycles. The summed E-state index contributed by atoms with van der Waals surface area (Å²) in [5.41, 5.74) is 0.0499. The Kier molecular flexibility index (Phi) is 5.93. The molecule has 1 aliphatic rings. The summed E-state index contributed by atoms with van der Waals surface area (Å²) in [6, 6.07) is -0.0118. The first-order valence-electron chi connectivity index (χ1n) is 6.47. The SMILES string of the molecule is CCC(N1CCCC1C(C)=O)[Si](OC)(OC)OC. The zero-order chi connectivity index (χ0) is 13.8. The van der Waals surface area contributed by atoms with Crippen molar-refractivity contribution in [2.24, 2.45) is 0 Å². The molecular formula is C12H25NO4Si. The maximum atomic E-state index is 11.7. The first-order chi connectivity index (χ1) is 8.56. The van der Waals surface area contributed by atoms with Gasteiger partial charge in [0, 0.05) is 21.3 Å². The fraction of sp³-hybridized carbons (Fsp3) is 0.917. The van der Waals surface area contributed by atoms with Crippen molar-refractivity contribution in [1.29, 1.82) is 0 Å². The summed E-state index contributed by atoms with van der Waals surface area (Å²) in [6.45, 7) is 4.65. The smallest absolute Gasteiger partial charge is 0.376 e. The molecule has 0 aromatic heterocycles. The van der Waals surface area contributed by atoms with Crippen LogP contribution in [-0.4, -0.2) is 59.1 Å². The molecule has 1 heterocycles. The molecule has 0 spiro atoms. The van der Waals surface area contributed by atoms with Gasteiger partial charge in [-0.15, -0.1) is 0 Å². The van der Waals surface area contributed by atoms with Crippen molar-refractivity contribution in [3.05, 3.63) is 0 Å². The van der Waals surface area contributed by atoms with E-state index in [9.17, 15) is 4.79 Å². The maximum Gasteiger partial charge on any atom is 0.518 e. The number of nitrogens with zero attached hydrogens (tertiary/aromatic N) is 1. The van der Waals surface area contributed by atoms with E-state index < -0.39 is 8.80 Å². The second-order valence-corrected chi connectivity index (χ2v) is 7.74. The van der Waals surface area contributed by atoms with Gasteiger partial charge in [-0.1, -0.05) is 6.92 Å². The van der Waals surface area contributed by atoms with Crippen molar-refractivity contribution < 1.29 is 18.1 Å². The van der Waals surface area contributed by atoms with E-state index in [0.29, 0.717) is 0 Å². The number of Topliss-reactive ketones (excluding diaryl/α,β-unsaturated/α-hetero) is 1. The minimum Gasteiger partial charge on any atom is -0.376 e. The van der Waals surface area contributed by atoms with Crippen LogP contribution in [0.1, 0.15) is 33.1 Å². The third kappa shape index (κ3) is 2.83. The standard InChI is InChI=1S/C12H25NO4Si/c1-6-12(18(15-3,16-4)17-5)13-9-7-8-11(13)10(2)14/h11-12H,6-9H2,1-5H3. The van der Waals surface area contributed by atoms with Gasteiger partial charge >= 0.3 is 8.80 Å². The van der Waals surface area contributed by atoms with Gasteiger partial charge in [0.2, 0.25) is 0 Å². The van der Waals surface area contributed by atoms with Crippen molar-refractivity contribution in [3.63, 3.8) is 0 Å². The molecule has 0 radical (unpaired) electrons. The molecule has 0 aliphatic carbocycles. The van der Waals surface area contributed by atoms with E-state index in [4.69, 9.17) is 13.3 Å². The first-order valence-corrected chi connectivity index (χ1v) is 8.28. The molecule has 1 rings (SSSR count). The zero-order valence-corrected chi connectivity index (χ0v) is 13.1. The normalized spacial score (nSPS) is 23.3. The lowest BCUT2D eigenvalue weighted by Crippen LogP contribution is -2.62. The van der Waals surface area contributed by atoms with Gasteiger partial charge in [-0.3, -0.25) is 9.69 Å². The molecular weight excluding hydrogens is 250 g/mol. The van der Waals surface area contributed by atoms with E-state index in [1.165, 1.54) is 0 Å². The van der Waals surface area contributed by atoms with Crippen LogP contribution in [0, 0.1) is 0 Å². The summed E-state index contributed by atoms with van der Waals surface area (Å²) in [5, 5.41) is 0. The highest BCUT2D eigenvalue weighted by atomic mass is 28.4. The highest BCUT2D eigenvalue weighted by Crippen LogP contribution is 2.28. The zero-order valence-electron chi connectivity index (χ0n) is 12.1. The lowest BCUT2D eigenvalue weighted by Gasteiger charge is -2.39. The molecule has 0 aromatic carbocycles. The highest BCUT2D eigenvalue weighted by Gasteiger charge is 2.52. The van der Waals surface area contributed by atoms with Crippen LogP contribution in [0.25, 0.3) is 0 Å². The van der Waals surface area contributed by atoms with Gasteiger partial charge in [0.05, 0.1) is 11.7 Å². The number of ketones is 1. The summed E-state index contributed by atoms with van der Waals surface area (Å²) in [6.07, 6.45) is 2.82. The molecule has 6 heteroatoms. The lowest BCUT2D eigenvalue weighted by atomic mass is 10.1. The van der Waals surface area contributed by atoms with E-state index in [2.05, 4.69) is 11.8 Å². The van der Waals surface area contributed by atoms with Crippen molar-refractivity contribution in [2.45, 2.75) is 44.8 Å². The van der Waals surface area contributed by atoms with Crippen LogP contribution >= 0.6 is 0 Å². The molecule has 1 fully saturated rings. The van der Waals surface area contributed by atoms with Crippen LogP contribution in [0.15, 0.2) is 0 Å². The van der Waals surface area contributed by atoms with Crippen LogP contribution in [0.5, 0.6) is 0 Å². The third-order valence-corrected chi connectivity index (χ3v) is 7.08. The fourth-order valence-corrected chi connectivity index (χ4v) is 5.48. The number of hydrogen-bond acceptors (Lipinski definition) is 5. The molecule has 106 valence electrons. The van der Waals surface area contributed by atoms with Gasteiger partial charge in [0.1, 0.15) is 5.78 Å². The molecule has 2 unspecified atom stereocenters. The average molecular weight is 275 g/mol. The number of carbonyl (C=O) groups excluding carboxylic acids is 1. The van der Waals surface area contributed by atoms with E-state index in [1.54, 1.807) is 28.3 Å². The quantitative estimate of drug-likeness (QED) is 0.654. The van der Waals surface area contributed by atoms with Crippen LogP contribution in [0.2, 0.25) is 0 Å². The van der Waals surface area contributed by atoms with E-state index >= 15 is 0 Å². The number of carbonyl (C=O) groups is 1. The topological polar surface area (TPSA) is 48.0 Å². The van der Waals surface area contributed by atoms with E-state index in [-0.39, 0.29) is 17.5 Å². The third-order valence-electron chi connectivity index (χ3n) is 3.81. The Balaban J connectivity index is 2.97. The van der Waals surface area contributed by atoms with Gasteiger partial charge in [-0.25, -0.2) is 0 Å². The average Bonchev–Trinajstić information content (AvgIpc) is 2.85. The molecule has 1 saturated heterocycles. The van der Waals surface area contributed by atoms with Gasteiger partial charge in [-0.05, 0) is 32.7 Å². The lowest BCUT2D eigenvalue weighted by molar-refractivity contribution is -0.121. The predicted molar refractivity (Wildman–Crippen MR) is 71.3 cm³/mol. The van der Waals surface area contributed by atoms with Crippen LogP contribution in [0.3, 0.4) is 0 Å². The van der Waals surface area contributed by atoms with Crippen molar-refractivity contribution in [1.82, 2.24) is 4.90 Å². The van der Waals surface area contributed by atoms with Crippen molar-refractivity contribution in [2.75, 3.05) is 27.9 Å². The van der Waals surface area contributed by atoms with Gasteiger partial charge < -0.3 is 13.3 Å². The summed E-state index contributed by atoms with van der Waals surface area (Å²) in [7, 11) is 2.15. The van der Waals surface area contributed by atoms with E-state index in [1.807, 2.05) is 0 Å². The molecule has 2 atom stereocenters. The Hall–Kier alpha value is -0.273. The first kappa shape index (κ1) is 15.8. The second kappa shape index (κ2) is 6.77. The summed E-state index contributed by atoms with van der Waals surface area (Å²) < 4.78 is 16.7. The molecule has 0 aromatic rings. The fourth-order valence-electron chi connectivity index (χ4n) is 2.94. The number of rotatable bonds is 7. The van der Waals surface area contributed by atoms with Gasteiger partial charge in [0.25, 0.3) is 0 Å². The maximum absolute atomic E-state index is 11.7. The summed E-state index contributed by atoms with van der Waals surface area (Å²) in [5.74, 6) is 0.220. The van der Waals surface area contributed by atoms with E-state index in [0.717, 1.165) is 25.8 Å². The Labute approximate surface area is 111 Å². The number of hydrogen-bond donors (Lipinski definition) is 0. The Bertz CT molecular complexity index is 275. The predicted octanol–water partition coefficient (Wildman–Crippen LogP) is 1.24. The Morgan fingerprint density at radius 1 is 1.33 bits per heavy atom. The number of likely N-dealkylation sites (tertiary alicyclic amines) is 1. The van der Waals surface area contributed by atoms with Crippen LogP contribution in [-0.2, 0) is 18.1 Å². The monoisotopic (exact) mass is 275 g/mol. The summed E-state index contributed by atoms with van der Waals surface area (Å²) in [4.78, 5) is 13.9. The second-order valence-electron chi connectivity index (χ2n) is 4.65. The Morgan fingerprint density at radius 2 is 1.89 bits per heavy atom. The molecule has 1 aliphatic heterocycles. The Morgan fingerprint density at radius 3 is 2.28 bits per heavy atom. The van der Waals surface area contributed by atoms with Crippen molar-refractivity contribution in [3.8, 4) is 0 Å². The molecule has 18 heavy (non-hydrogen) atoms. The van der Waals surface area contributed by atoms with Gasteiger partial charge in [0.15, 0.2) is 0 Å². The van der Waals surface area contributed by atoms with Gasteiger partial charge in [-0.2, -0.15) is 0 Å². The van der Waals surface area contributed by atoms with Crippen LogP contribution < -0.4 is 0 Å². The highest BCUT2D eigenvalue weighted by molar-refractivity contribution is 6.62. The molecule has 5 nitrogen and oxygen atoms in total. The van der Waals surface area contributed by atoms with Crippen molar-refractivity contribution >= 4 is 14.6 Å². The minimum absolute atomic E-state index is 0.0118. The minimum atomic E-state index is -2.73. The molecule has 0 N–H and O–H groups in total. The molecule has 0 amide bonds. The van der Waals surface area contributed by atoms with Crippen LogP contribution in [0.4, 0.5) is 0 Å². The summed E-state index contributed by atoms with van der Waals surface area (Å²) >= 11 is 0. The molecule has 0 bridgehead atoms. The largest absolute Gasteiger partial charge is 0.518 e.